The van der Waals surface area contributed by atoms with Crippen LogP contribution in [0.4, 0.5) is 0 Å². The van der Waals surface area contributed by atoms with Crippen LogP contribution in [-0.4, -0.2) is 20.6 Å². The van der Waals surface area contributed by atoms with Crippen LogP contribution in [0.15, 0.2) is 0 Å². The van der Waals surface area contributed by atoms with Gasteiger partial charge in [-0.1, -0.05) is 18.2 Å². The standard InChI is InChI=1S/C5H10O5S/c1-4(2)5(6)9-10-11(3,7)8/h4H,1-3H3. The maximum atomic E-state index is 10.6. The van der Waals surface area contributed by atoms with E-state index < -0.39 is 22.0 Å². The van der Waals surface area contributed by atoms with Crippen molar-refractivity contribution >= 4 is 16.1 Å². The highest BCUT2D eigenvalue weighted by molar-refractivity contribution is 7.85. The van der Waals surface area contributed by atoms with Crippen LogP contribution in [0.5, 0.6) is 0 Å². The smallest absolute Gasteiger partial charge is 0.281 e. The van der Waals surface area contributed by atoms with Crippen LogP contribution in [0, 0.1) is 5.92 Å². The van der Waals surface area contributed by atoms with Crippen LogP contribution in [0.25, 0.3) is 0 Å². The fourth-order valence-electron chi connectivity index (χ4n) is 0.192. The normalized spacial score (nSPS) is 11.6. The maximum absolute atomic E-state index is 10.6. The summed E-state index contributed by atoms with van der Waals surface area (Å²) in [7, 11) is -3.70. The molecule has 0 spiro atoms. The summed E-state index contributed by atoms with van der Waals surface area (Å²) in [6, 6.07) is 0. The van der Waals surface area contributed by atoms with Crippen LogP contribution in [0.1, 0.15) is 13.8 Å². The van der Waals surface area contributed by atoms with Gasteiger partial charge in [0.2, 0.25) is 0 Å². The number of carbonyl (C=O) groups excluding carboxylic acids is 1. The van der Waals surface area contributed by atoms with Crippen molar-refractivity contribution in [2.45, 2.75) is 13.8 Å². The van der Waals surface area contributed by atoms with Gasteiger partial charge in [0.05, 0.1) is 12.2 Å². The Morgan fingerprint density at radius 3 is 2.09 bits per heavy atom. The van der Waals surface area contributed by atoms with Crippen molar-refractivity contribution in [3.63, 3.8) is 0 Å². The molecule has 0 aromatic rings. The Morgan fingerprint density at radius 2 is 1.82 bits per heavy atom. The van der Waals surface area contributed by atoms with E-state index in [1.54, 1.807) is 13.8 Å². The fraction of sp³-hybridized carbons (Fsp3) is 0.800. The Hall–Kier alpha value is -0.620. The highest BCUT2D eigenvalue weighted by Crippen LogP contribution is 1.98. The second-order valence-electron chi connectivity index (χ2n) is 2.33. The topological polar surface area (TPSA) is 69.7 Å². The summed E-state index contributed by atoms with van der Waals surface area (Å²) in [6.45, 7) is 3.13. The van der Waals surface area contributed by atoms with Gasteiger partial charge in [0.25, 0.3) is 10.1 Å². The van der Waals surface area contributed by atoms with Gasteiger partial charge in [-0.15, -0.1) is 0 Å². The molecule has 0 aromatic heterocycles. The highest BCUT2D eigenvalue weighted by atomic mass is 32.2. The number of rotatable bonds is 3. The monoisotopic (exact) mass is 182 g/mol. The van der Waals surface area contributed by atoms with Gasteiger partial charge in [0.15, 0.2) is 0 Å². The van der Waals surface area contributed by atoms with Crippen molar-refractivity contribution in [1.82, 2.24) is 0 Å². The summed E-state index contributed by atoms with van der Waals surface area (Å²) < 4.78 is 24.3. The van der Waals surface area contributed by atoms with Crippen LogP contribution in [0.3, 0.4) is 0 Å². The Labute approximate surface area is 65.4 Å². The fourth-order valence-corrected chi connectivity index (χ4v) is 0.382. The molecule has 5 nitrogen and oxygen atoms in total. The number of hydrogen-bond acceptors (Lipinski definition) is 5. The first-order valence-electron chi connectivity index (χ1n) is 2.93. The van der Waals surface area contributed by atoms with Crippen LogP contribution in [-0.2, 0) is 24.1 Å². The van der Waals surface area contributed by atoms with Gasteiger partial charge >= 0.3 is 5.97 Å². The van der Waals surface area contributed by atoms with E-state index in [1.807, 2.05) is 0 Å². The SMILES string of the molecule is CC(C)C(=O)OOS(C)(=O)=O. The third-order valence-corrected chi connectivity index (χ3v) is 1.03. The van der Waals surface area contributed by atoms with Gasteiger partial charge in [-0.05, 0) is 0 Å². The van der Waals surface area contributed by atoms with Crippen molar-refractivity contribution in [3.05, 3.63) is 0 Å². The predicted octanol–water partition coefficient (Wildman–Crippen LogP) is 0.0768. The zero-order chi connectivity index (χ0) is 9.07. The molecule has 0 atom stereocenters. The van der Waals surface area contributed by atoms with Gasteiger partial charge in [-0.25, -0.2) is 4.79 Å². The van der Waals surface area contributed by atoms with E-state index in [-0.39, 0.29) is 0 Å². The Balaban J connectivity index is 3.83. The van der Waals surface area contributed by atoms with E-state index in [1.165, 1.54) is 0 Å². The Morgan fingerprint density at radius 1 is 1.36 bits per heavy atom. The Bertz CT molecular complexity index is 227. The number of hydrogen-bond donors (Lipinski definition) is 0. The molecule has 0 rings (SSSR count). The molecule has 0 aliphatic rings. The molecule has 0 N–H and O–H groups in total. The molecule has 0 aromatic carbocycles. The summed E-state index contributed by atoms with van der Waals surface area (Å²) in [4.78, 5) is 14.5. The molecule has 11 heavy (non-hydrogen) atoms. The quantitative estimate of drug-likeness (QED) is 0.456. The minimum absolute atomic E-state index is 0.406. The highest BCUT2D eigenvalue weighted by Gasteiger charge is 2.12. The molecule has 0 aliphatic heterocycles. The van der Waals surface area contributed by atoms with E-state index in [9.17, 15) is 13.2 Å². The van der Waals surface area contributed by atoms with E-state index >= 15 is 0 Å². The first kappa shape index (κ1) is 10.4. The zero-order valence-electron chi connectivity index (χ0n) is 6.53. The molecule has 0 saturated carbocycles. The summed E-state index contributed by atoms with van der Waals surface area (Å²) in [5, 5.41) is 0. The lowest BCUT2D eigenvalue weighted by atomic mass is 10.2. The summed E-state index contributed by atoms with van der Waals surface area (Å²) >= 11 is 0. The van der Waals surface area contributed by atoms with E-state index in [0.29, 0.717) is 0 Å². The van der Waals surface area contributed by atoms with Gasteiger partial charge < -0.3 is 0 Å². The number of carbonyl (C=O) groups is 1. The second-order valence-corrected chi connectivity index (χ2v) is 3.87. The minimum Gasteiger partial charge on any atom is -0.281 e. The Kier molecular flexibility index (Phi) is 3.47. The van der Waals surface area contributed by atoms with Crippen molar-refractivity contribution in [3.8, 4) is 0 Å². The largest absolute Gasteiger partial charge is 0.346 e. The summed E-state index contributed by atoms with van der Waals surface area (Å²) in [5.74, 6) is -1.12. The molecule has 0 aliphatic carbocycles. The minimum atomic E-state index is -3.70. The lowest BCUT2D eigenvalue weighted by molar-refractivity contribution is -0.214. The molecule has 0 amide bonds. The van der Waals surface area contributed by atoms with E-state index in [4.69, 9.17) is 0 Å². The average molecular weight is 182 g/mol. The first-order chi connectivity index (χ1) is 4.83. The van der Waals surface area contributed by atoms with Crippen molar-refractivity contribution in [2.24, 2.45) is 5.92 Å². The summed E-state index contributed by atoms with van der Waals surface area (Å²) in [6.07, 6.45) is 0.792. The molecule has 0 bridgehead atoms. The van der Waals surface area contributed by atoms with Crippen molar-refractivity contribution < 1.29 is 22.4 Å². The molecular formula is C5H10O5S. The third-order valence-electron chi connectivity index (χ3n) is 0.711. The predicted molar refractivity (Wildman–Crippen MR) is 36.9 cm³/mol. The summed E-state index contributed by atoms with van der Waals surface area (Å²) in [5.41, 5.74) is 0. The van der Waals surface area contributed by atoms with Crippen molar-refractivity contribution in [2.75, 3.05) is 6.26 Å². The maximum Gasteiger partial charge on any atom is 0.346 e. The molecule has 66 valence electrons. The van der Waals surface area contributed by atoms with Gasteiger partial charge in [-0.2, -0.15) is 8.42 Å². The second kappa shape index (κ2) is 3.68. The molecule has 0 unspecified atom stereocenters. The van der Waals surface area contributed by atoms with E-state index in [0.717, 1.165) is 6.26 Å². The van der Waals surface area contributed by atoms with Gasteiger partial charge in [0, 0.05) is 0 Å². The van der Waals surface area contributed by atoms with Crippen LogP contribution >= 0.6 is 0 Å². The molecular weight excluding hydrogens is 172 g/mol. The lowest BCUT2D eigenvalue weighted by Gasteiger charge is -2.01. The molecule has 6 heteroatoms. The molecule has 0 fully saturated rings. The van der Waals surface area contributed by atoms with Crippen LogP contribution in [0.2, 0.25) is 0 Å². The average Bonchev–Trinajstić information content (AvgIpc) is 1.80. The lowest BCUT2D eigenvalue weighted by Crippen LogP contribution is -2.14. The van der Waals surface area contributed by atoms with Crippen molar-refractivity contribution in [1.29, 1.82) is 0 Å². The zero-order valence-corrected chi connectivity index (χ0v) is 7.34. The van der Waals surface area contributed by atoms with Gasteiger partial charge in [-0.3, -0.25) is 4.89 Å². The molecule has 0 heterocycles. The van der Waals surface area contributed by atoms with Gasteiger partial charge in [0.1, 0.15) is 0 Å². The van der Waals surface area contributed by atoms with E-state index in [2.05, 4.69) is 9.22 Å². The molecule has 0 saturated heterocycles. The third kappa shape index (κ3) is 5.81. The van der Waals surface area contributed by atoms with Crippen LogP contribution < -0.4 is 0 Å². The molecule has 0 radical (unpaired) electrons. The first-order valence-corrected chi connectivity index (χ1v) is 4.74.